The molecule has 0 spiro atoms. The van der Waals surface area contributed by atoms with E-state index >= 15 is 0 Å². The number of benzene rings is 2. The Balaban J connectivity index is 2.31. The molecule has 112 valence electrons. The molecule has 3 heteroatoms. The van der Waals surface area contributed by atoms with Gasteiger partial charge in [0, 0.05) is 11.1 Å². The third-order valence-corrected chi connectivity index (χ3v) is 3.97. The van der Waals surface area contributed by atoms with Crippen molar-refractivity contribution < 1.29 is 0 Å². The van der Waals surface area contributed by atoms with Crippen LogP contribution in [-0.4, -0.2) is 4.98 Å². The molecule has 0 unspecified atom stereocenters. The first kappa shape index (κ1) is 14.8. The summed E-state index contributed by atoms with van der Waals surface area (Å²) in [6.07, 6.45) is 0. The van der Waals surface area contributed by atoms with E-state index in [9.17, 15) is 5.26 Å². The predicted octanol–water partition coefficient (Wildman–Crippen LogP) is 4.49. The maximum Gasteiger partial charge on any atom is 0.142 e. The molecule has 3 nitrogen and oxygen atoms in total. The summed E-state index contributed by atoms with van der Waals surface area (Å²) in [5.41, 5.74) is 12.3. The monoisotopic (exact) mass is 299 g/mol. The van der Waals surface area contributed by atoms with Crippen LogP contribution < -0.4 is 5.73 Å². The van der Waals surface area contributed by atoms with Crippen LogP contribution in [0.15, 0.2) is 54.6 Å². The van der Waals surface area contributed by atoms with Crippen molar-refractivity contribution in [2.24, 2.45) is 0 Å². The van der Waals surface area contributed by atoms with Gasteiger partial charge in [-0.25, -0.2) is 4.98 Å². The molecule has 3 aromatic rings. The number of nitrogens with two attached hydrogens (primary N) is 1. The van der Waals surface area contributed by atoms with Gasteiger partial charge in [-0.05, 0) is 25.0 Å². The number of nitrogen functional groups attached to an aromatic ring is 1. The number of rotatable bonds is 2. The second kappa shape index (κ2) is 5.94. The number of anilines is 1. The number of hydrogen-bond acceptors (Lipinski definition) is 3. The quantitative estimate of drug-likeness (QED) is 0.758. The van der Waals surface area contributed by atoms with E-state index in [4.69, 9.17) is 5.73 Å². The minimum atomic E-state index is 0.271. The lowest BCUT2D eigenvalue weighted by molar-refractivity contribution is 1.26. The van der Waals surface area contributed by atoms with Gasteiger partial charge in [0.15, 0.2) is 0 Å². The molecule has 1 heterocycles. The van der Waals surface area contributed by atoms with Crippen LogP contribution in [0.1, 0.15) is 16.7 Å². The van der Waals surface area contributed by atoms with E-state index in [1.807, 2.05) is 68.4 Å². The van der Waals surface area contributed by atoms with Crippen molar-refractivity contribution in [3.8, 4) is 28.5 Å². The van der Waals surface area contributed by atoms with E-state index in [2.05, 4.69) is 11.1 Å². The average molecular weight is 299 g/mol. The van der Waals surface area contributed by atoms with E-state index in [1.165, 1.54) is 5.56 Å². The summed E-state index contributed by atoms with van der Waals surface area (Å²) in [7, 11) is 0. The van der Waals surface area contributed by atoms with Crippen molar-refractivity contribution in [1.29, 1.82) is 5.26 Å². The lowest BCUT2D eigenvalue weighted by Gasteiger charge is -2.15. The van der Waals surface area contributed by atoms with Crippen LogP contribution in [0.25, 0.3) is 22.4 Å². The van der Waals surface area contributed by atoms with Crippen molar-refractivity contribution >= 4 is 5.82 Å². The Morgan fingerprint density at radius 3 is 2.17 bits per heavy atom. The molecule has 0 atom stereocenters. The highest BCUT2D eigenvalue weighted by Crippen LogP contribution is 2.35. The first-order valence-electron chi connectivity index (χ1n) is 7.44. The van der Waals surface area contributed by atoms with E-state index in [-0.39, 0.29) is 5.82 Å². The largest absolute Gasteiger partial charge is 0.383 e. The smallest absolute Gasteiger partial charge is 0.142 e. The average Bonchev–Trinajstić information content (AvgIpc) is 2.58. The lowest BCUT2D eigenvalue weighted by atomic mass is 9.93. The van der Waals surface area contributed by atoms with Crippen LogP contribution in [0, 0.1) is 25.2 Å². The maximum atomic E-state index is 9.51. The first-order chi connectivity index (χ1) is 11.1. The van der Waals surface area contributed by atoms with E-state index in [0.717, 1.165) is 27.9 Å². The molecule has 0 aliphatic heterocycles. The Labute approximate surface area is 136 Å². The van der Waals surface area contributed by atoms with Crippen LogP contribution >= 0.6 is 0 Å². The number of aryl methyl sites for hydroxylation is 1. The molecular weight excluding hydrogens is 282 g/mol. The van der Waals surface area contributed by atoms with Crippen molar-refractivity contribution in [1.82, 2.24) is 4.98 Å². The normalized spacial score (nSPS) is 10.3. The molecule has 0 bridgehead atoms. The highest BCUT2D eigenvalue weighted by Gasteiger charge is 2.17. The zero-order valence-electron chi connectivity index (χ0n) is 13.2. The number of nitriles is 1. The van der Waals surface area contributed by atoms with Crippen molar-refractivity contribution in [3.05, 3.63) is 71.3 Å². The van der Waals surface area contributed by atoms with Crippen LogP contribution in [0.5, 0.6) is 0 Å². The minimum absolute atomic E-state index is 0.271. The molecule has 0 amide bonds. The lowest BCUT2D eigenvalue weighted by Crippen LogP contribution is -2.03. The number of hydrogen-bond donors (Lipinski definition) is 1. The second-order valence-corrected chi connectivity index (χ2v) is 5.56. The summed E-state index contributed by atoms with van der Waals surface area (Å²) in [5.74, 6) is 0.271. The Kier molecular flexibility index (Phi) is 3.82. The third kappa shape index (κ3) is 2.67. The van der Waals surface area contributed by atoms with Gasteiger partial charge in [-0.15, -0.1) is 0 Å². The van der Waals surface area contributed by atoms with Gasteiger partial charge in [0.1, 0.15) is 17.5 Å². The second-order valence-electron chi connectivity index (χ2n) is 5.56. The first-order valence-corrected chi connectivity index (χ1v) is 7.44. The van der Waals surface area contributed by atoms with Gasteiger partial charge in [0.2, 0.25) is 0 Å². The maximum absolute atomic E-state index is 9.51. The SMILES string of the molecule is Cc1ccc(-c2nc(N)c(C#N)c(-c3ccccc3)c2C)cc1. The zero-order valence-corrected chi connectivity index (χ0v) is 13.2. The summed E-state index contributed by atoms with van der Waals surface area (Å²) >= 11 is 0. The fourth-order valence-electron chi connectivity index (χ4n) is 2.77. The van der Waals surface area contributed by atoms with Gasteiger partial charge in [-0.1, -0.05) is 60.2 Å². The number of pyridine rings is 1. The molecule has 23 heavy (non-hydrogen) atoms. The minimum Gasteiger partial charge on any atom is -0.383 e. The van der Waals surface area contributed by atoms with Gasteiger partial charge < -0.3 is 5.73 Å². The Hall–Kier alpha value is -3.12. The van der Waals surface area contributed by atoms with Crippen LogP contribution in [0.2, 0.25) is 0 Å². The molecule has 2 N–H and O–H groups in total. The number of aromatic nitrogens is 1. The van der Waals surface area contributed by atoms with Gasteiger partial charge >= 0.3 is 0 Å². The van der Waals surface area contributed by atoms with Gasteiger partial charge in [-0.3, -0.25) is 0 Å². The van der Waals surface area contributed by atoms with Gasteiger partial charge in [-0.2, -0.15) is 5.26 Å². The van der Waals surface area contributed by atoms with Gasteiger partial charge in [0.05, 0.1) is 5.69 Å². The van der Waals surface area contributed by atoms with Crippen molar-refractivity contribution in [2.45, 2.75) is 13.8 Å². The Morgan fingerprint density at radius 2 is 1.57 bits per heavy atom. The third-order valence-electron chi connectivity index (χ3n) is 3.97. The topological polar surface area (TPSA) is 62.7 Å². The molecule has 0 fully saturated rings. The summed E-state index contributed by atoms with van der Waals surface area (Å²) in [4.78, 5) is 4.48. The molecule has 0 aliphatic carbocycles. The number of nitrogens with zero attached hydrogens (tertiary/aromatic N) is 2. The van der Waals surface area contributed by atoms with E-state index < -0.39 is 0 Å². The highest BCUT2D eigenvalue weighted by atomic mass is 14.9. The van der Waals surface area contributed by atoms with Crippen LogP contribution in [0.3, 0.4) is 0 Å². The molecule has 3 rings (SSSR count). The molecule has 0 saturated carbocycles. The summed E-state index contributed by atoms with van der Waals surface area (Å²) in [5, 5.41) is 9.51. The standard InChI is InChI=1S/C20H17N3/c1-13-8-10-16(11-9-13)19-14(2)18(15-6-4-3-5-7-15)17(12-21)20(22)23-19/h3-11H,1-2H3,(H2,22,23). The van der Waals surface area contributed by atoms with Crippen molar-refractivity contribution in [2.75, 3.05) is 5.73 Å². The van der Waals surface area contributed by atoms with E-state index in [1.54, 1.807) is 0 Å². The molecule has 0 aliphatic rings. The predicted molar refractivity (Wildman–Crippen MR) is 93.7 cm³/mol. The van der Waals surface area contributed by atoms with Crippen LogP contribution in [0.4, 0.5) is 5.82 Å². The molecule has 0 radical (unpaired) electrons. The summed E-state index contributed by atoms with van der Waals surface area (Å²) in [6.45, 7) is 4.04. The fourth-order valence-corrected chi connectivity index (χ4v) is 2.77. The van der Waals surface area contributed by atoms with Gasteiger partial charge in [0.25, 0.3) is 0 Å². The fraction of sp³-hybridized carbons (Fsp3) is 0.100. The zero-order chi connectivity index (χ0) is 16.4. The summed E-state index contributed by atoms with van der Waals surface area (Å²) in [6, 6.07) is 20.2. The Bertz CT molecular complexity index is 889. The van der Waals surface area contributed by atoms with E-state index in [0.29, 0.717) is 5.56 Å². The molecule has 1 aromatic heterocycles. The molecule has 0 saturated heterocycles. The summed E-state index contributed by atoms with van der Waals surface area (Å²) < 4.78 is 0. The molecular formula is C20H17N3. The molecule has 2 aromatic carbocycles. The van der Waals surface area contributed by atoms with Crippen LogP contribution in [-0.2, 0) is 0 Å². The Morgan fingerprint density at radius 1 is 0.913 bits per heavy atom. The van der Waals surface area contributed by atoms with Crippen molar-refractivity contribution in [3.63, 3.8) is 0 Å². The highest BCUT2D eigenvalue weighted by molar-refractivity contribution is 5.84.